The smallest absolute Gasteiger partial charge is 0.230 e. The summed E-state index contributed by atoms with van der Waals surface area (Å²) in [4.78, 5) is 23.1. The van der Waals surface area contributed by atoms with E-state index < -0.39 is 17.9 Å². The maximum atomic E-state index is 12.0. The van der Waals surface area contributed by atoms with E-state index in [0.29, 0.717) is 24.3 Å². The first-order chi connectivity index (χ1) is 13.1. The molecule has 0 aromatic heterocycles. The number of hydrogen-bond acceptors (Lipinski definition) is 6. The number of aliphatic hydroxyl groups excluding tert-OH is 1. The minimum absolute atomic E-state index is 0.0313. The molecule has 2 aromatic carbocycles. The quantitative estimate of drug-likeness (QED) is 0.415. The summed E-state index contributed by atoms with van der Waals surface area (Å²) in [5.74, 6) is -1.73. The van der Waals surface area contributed by atoms with E-state index >= 15 is 0 Å². The SMILES string of the molecule is O=C(C[C@@H]([NH2+]CCCO)C(=O)[O-])Nc1ccc(N=Nc2ccccc2)cc1. The molecule has 1 atom stereocenters. The standard InChI is InChI=1S/C19H22N4O4/c24-12-4-11-20-17(19(26)27)13-18(25)21-14-7-9-16(10-8-14)23-22-15-5-2-1-3-6-15/h1-3,5-10,17,20,24H,4,11-13H2,(H,21,25)(H,26,27)/t17-/m1/s1. The fourth-order valence-corrected chi connectivity index (χ4v) is 2.31. The molecule has 0 aliphatic carbocycles. The summed E-state index contributed by atoms with van der Waals surface area (Å²) in [5.41, 5.74) is 1.90. The van der Waals surface area contributed by atoms with Crippen molar-refractivity contribution in [1.29, 1.82) is 0 Å². The molecule has 4 N–H and O–H groups in total. The van der Waals surface area contributed by atoms with Gasteiger partial charge in [-0.2, -0.15) is 10.2 Å². The fraction of sp³-hybridized carbons (Fsp3) is 0.263. The van der Waals surface area contributed by atoms with Gasteiger partial charge in [0.2, 0.25) is 5.91 Å². The molecule has 0 bridgehead atoms. The molecule has 0 saturated carbocycles. The van der Waals surface area contributed by atoms with Crippen LogP contribution in [0.5, 0.6) is 0 Å². The van der Waals surface area contributed by atoms with Crippen LogP contribution in [-0.2, 0) is 9.59 Å². The number of amides is 1. The number of nitrogens with two attached hydrogens (primary N) is 1. The Bertz CT molecular complexity index is 763. The van der Waals surface area contributed by atoms with Gasteiger partial charge in [-0.05, 0) is 36.4 Å². The predicted octanol–water partition coefficient (Wildman–Crippen LogP) is 0.495. The van der Waals surface area contributed by atoms with Crippen molar-refractivity contribution in [3.05, 3.63) is 54.6 Å². The second-order valence-electron chi connectivity index (χ2n) is 5.86. The number of carbonyl (C=O) groups excluding carboxylic acids is 2. The third-order valence-corrected chi connectivity index (χ3v) is 3.71. The highest BCUT2D eigenvalue weighted by atomic mass is 16.4. The molecule has 0 unspecified atom stereocenters. The first-order valence-corrected chi connectivity index (χ1v) is 8.60. The van der Waals surface area contributed by atoms with E-state index in [1.165, 1.54) is 5.32 Å². The van der Waals surface area contributed by atoms with Gasteiger partial charge in [0, 0.05) is 18.7 Å². The maximum absolute atomic E-state index is 12.0. The van der Waals surface area contributed by atoms with E-state index in [2.05, 4.69) is 15.5 Å². The van der Waals surface area contributed by atoms with Gasteiger partial charge < -0.3 is 25.6 Å². The lowest BCUT2D eigenvalue weighted by Gasteiger charge is -2.16. The minimum atomic E-state index is -1.31. The van der Waals surface area contributed by atoms with Crippen molar-refractivity contribution in [2.75, 3.05) is 18.5 Å². The minimum Gasteiger partial charge on any atom is -0.544 e. The summed E-state index contributed by atoms with van der Waals surface area (Å²) < 4.78 is 0. The van der Waals surface area contributed by atoms with Crippen LogP contribution >= 0.6 is 0 Å². The van der Waals surface area contributed by atoms with E-state index in [-0.39, 0.29) is 13.0 Å². The second-order valence-corrected chi connectivity index (χ2v) is 5.86. The van der Waals surface area contributed by atoms with Gasteiger partial charge in [-0.3, -0.25) is 4.79 Å². The van der Waals surface area contributed by atoms with Crippen molar-refractivity contribution < 1.29 is 25.1 Å². The number of aliphatic carboxylic acids is 1. The number of azo groups is 1. The molecule has 0 aliphatic heterocycles. The van der Waals surface area contributed by atoms with Crippen LogP contribution in [0.15, 0.2) is 64.8 Å². The highest BCUT2D eigenvalue weighted by Crippen LogP contribution is 2.20. The van der Waals surface area contributed by atoms with Gasteiger partial charge in [-0.1, -0.05) is 18.2 Å². The molecule has 0 fully saturated rings. The summed E-state index contributed by atoms with van der Waals surface area (Å²) in [6.45, 7) is 0.375. The van der Waals surface area contributed by atoms with Gasteiger partial charge in [0.05, 0.1) is 30.3 Å². The average molecular weight is 370 g/mol. The number of carbonyl (C=O) groups is 2. The number of benzene rings is 2. The molecular formula is C19H22N4O4. The van der Waals surface area contributed by atoms with Crippen molar-refractivity contribution in [3.63, 3.8) is 0 Å². The van der Waals surface area contributed by atoms with Crippen LogP contribution in [0.3, 0.4) is 0 Å². The van der Waals surface area contributed by atoms with Crippen molar-refractivity contribution in [2.24, 2.45) is 10.2 Å². The van der Waals surface area contributed by atoms with Crippen LogP contribution in [-0.4, -0.2) is 36.2 Å². The van der Waals surface area contributed by atoms with Gasteiger partial charge in [0.25, 0.3) is 0 Å². The Kier molecular flexibility index (Phi) is 8.08. The van der Waals surface area contributed by atoms with E-state index in [1.54, 1.807) is 24.3 Å². The van der Waals surface area contributed by atoms with Crippen LogP contribution in [0.1, 0.15) is 12.8 Å². The Morgan fingerprint density at radius 3 is 2.26 bits per heavy atom. The molecule has 8 heteroatoms. The molecule has 0 radical (unpaired) electrons. The molecule has 1 amide bonds. The van der Waals surface area contributed by atoms with Crippen molar-refractivity contribution >= 4 is 28.9 Å². The zero-order valence-electron chi connectivity index (χ0n) is 14.7. The Morgan fingerprint density at radius 1 is 1.04 bits per heavy atom. The van der Waals surface area contributed by atoms with Crippen LogP contribution in [0.25, 0.3) is 0 Å². The zero-order chi connectivity index (χ0) is 19.5. The maximum Gasteiger partial charge on any atom is 0.230 e. The van der Waals surface area contributed by atoms with Crippen molar-refractivity contribution in [2.45, 2.75) is 18.9 Å². The lowest BCUT2D eigenvalue weighted by molar-refractivity contribution is -0.682. The molecule has 142 valence electrons. The van der Waals surface area contributed by atoms with E-state index in [4.69, 9.17) is 5.11 Å². The number of carboxylic acids is 1. The van der Waals surface area contributed by atoms with E-state index in [1.807, 2.05) is 30.3 Å². The zero-order valence-corrected chi connectivity index (χ0v) is 14.7. The average Bonchev–Trinajstić information content (AvgIpc) is 2.67. The number of quaternary nitrogens is 1. The third-order valence-electron chi connectivity index (χ3n) is 3.71. The topological polar surface area (TPSA) is 131 Å². The number of hydrogen-bond donors (Lipinski definition) is 3. The fourth-order valence-electron chi connectivity index (χ4n) is 2.31. The molecular weight excluding hydrogens is 348 g/mol. The highest BCUT2D eigenvalue weighted by molar-refractivity contribution is 5.93. The van der Waals surface area contributed by atoms with Crippen LogP contribution in [0, 0.1) is 0 Å². The van der Waals surface area contributed by atoms with Crippen LogP contribution < -0.4 is 15.7 Å². The first-order valence-electron chi connectivity index (χ1n) is 8.60. The normalized spacial score (nSPS) is 12.0. The number of nitrogens with zero attached hydrogens (tertiary/aromatic N) is 2. The molecule has 2 rings (SSSR count). The Balaban J connectivity index is 1.88. The van der Waals surface area contributed by atoms with Crippen LogP contribution in [0.4, 0.5) is 17.1 Å². The Morgan fingerprint density at radius 2 is 1.67 bits per heavy atom. The van der Waals surface area contributed by atoms with E-state index in [0.717, 1.165) is 5.69 Å². The van der Waals surface area contributed by atoms with Gasteiger partial charge in [0.1, 0.15) is 6.04 Å². The number of aliphatic hydroxyl groups is 1. The van der Waals surface area contributed by atoms with Gasteiger partial charge in [-0.15, -0.1) is 0 Å². The Hall–Kier alpha value is -3.10. The molecule has 0 heterocycles. The molecule has 0 spiro atoms. The number of anilines is 1. The molecule has 0 aliphatic rings. The molecule has 27 heavy (non-hydrogen) atoms. The monoisotopic (exact) mass is 370 g/mol. The lowest BCUT2D eigenvalue weighted by Crippen LogP contribution is -2.93. The lowest BCUT2D eigenvalue weighted by atomic mass is 10.2. The van der Waals surface area contributed by atoms with E-state index in [9.17, 15) is 14.7 Å². The third kappa shape index (κ3) is 7.35. The number of rotatable bonds is 10. The summed E-state index contributed by atoms with van der Waals surface area (Å²) in [5, 5.41) is 32.2. The van der Waals surface area contributed by atoms with Gasteiger partial charge in [-0.25, -0.2) is 0 Å². The van der Waals surface area contributed by atoms with Crippen molar-refractivity contribution in [3.8, 4) is 0 Å². The molecule has 8 nitrogen and oxygen atoms in total. The highest BCUT2D eigenvalue weighted by Gasteiger charge is 2.18. The van der Waals surface area contributed by atoms with Gasteiger partial charge in [0.15, 0.2) is 0 Å². The first kappa shape index (κ1) is 20.2. The summed E-state index contributed by atoms with van der Waals surface area (Å²) >= 11 is 0. The second kappa shape index (κ2) is 10.8. The van der Waals surface area contributed by atoms with Gasteiger partial charge >= 0.3 is 0 Å². The molecule has 2 aromatic rings. The predicted molar refractivity (Wildman–Crippen MR) is 97.6 cm³/mol. The summed E-state index contributed by atoms with van der Waals surface area (Å²) in [6, 6.07) is 15.1. The summed E-state index contributed by atoms with van der Waals surface area (Å²) in [6.07, 6.45) is 0.230. The number of carboxylic acid groups (broad SMARTS) is 1. The summed E-state index contributed by atoms with van der Waals surface area (Å²) in [7, 11) is 0. The van der Waals surface area contributed by atoms with Crippen molar-refractivity contribution in [1.82, 2.24) is 0 Å². The van der Waals surface area contributed by atoms with Crippen LogP contribution in [0.2, 0.25) is 0 Å². The Labute approximate surface area is 157 Å². The number of nitrogens with one attached hydrogen (secondary N) is 1. The largest absolute Gasteiger partial charge is 0.544 e. The molecule has 0 saturated heterocycles.